The van der Waals surface area contributed by atoms with Crippen molar-refractivity contribution >= 4 is 17.5 Å². The Kier molecular flexibility index (Phi) is 5.52. The van der Waals surface area contributed by atoms with Gasteiger partial charge in [-0.25, -0.2) is 4.98 Å². The molecule has 2 saturated heterocycles. The van der Waals surface area contributed by atoms with Crippen molar-refractivity contribution in [3.05, 3.63) is 36.0 Å². The molecule has 0 bridgehead atoms. The lowest BCUT2D eigenvalue weighted by atomic mass is 10.2. The van der Waals surface area contributed by atoms with E-state index in [1.165, 1.54) is 5.69 Å². The highest BCUT2D eigenvalue weighted by molar-refractivity contribution is 5.52. The predicted molar refractivity (Wildman–Crippen MR) is 114 cm³/mol. The molecule has 1 aromatic carbocycles. The van der Waals surface area contributed by atoms with E-state index in [0.717, 1.165) is 75.6 Å². The number of ether oxygens (including phenoxy) is 1. The molecule has 0 atom stereocenters. The quantitative estimate of drug-likeness (QED) is 0.800. The fourth-order valence-corrected chi connectivity index (χ4v) is 3.83. The van der Waals surface area contributed by atoms with Gasteiger partial charge in [0, 0.05) is 69.8 Å². The first kappa shape index (κ1) is 18.8. The number of piperazine rings is 2. The smallest absolute Gasteiger partial charge is 0.227 e. The fourth-order valence-electron chi connectivity index (χ4n) is 3.83. The molecule has 0 saturated carbocycles. The molecule has 4 rings (SSSR count). The monoisotopic (exact) mass is 382 g/mol. The van der Waals surface area contributed by atoms with E-state index in [-0.39, 0.29) is 0 Å². The number of likely N-dealkylation sites (N-methyl/N-ethyl adjacent to an activating group) is 1. The normalized spacial score (nSPS) is 18.5. The van der Waals surface area contributed by atoms with E-state index in [4.69, 9.17) is 14.7 Å². The van der Waals surface area contributed by atoms with E-state index in [1.54, 1.807) is 7.11 Å². The van der Waals surface area contributed by atoms with E-state index in [2.05, 4.69) is 51.8 Å². The molecule has 0 spiro atoms. The van der Waals surface area contributed by atoms with Gasteiger partial charge < -0.3 is 24.3 Å². The molecule has 2 aromatic rings. The van der Waals surface area contributed by atoms with Crippen LogP contribution in [0.2, 0.25) is 0 Å². The third kappa shape index (κ3) is 4.14. The van der Waals surface area contributed by atoms with Crippen LogP contribution in [0.4, 0.5) is 17.5 Å². The summed E-state index contributed by atoms with van der Waals surface area (Å²) < 4.78 is 5.26. The fraction of sp³-hybridized carbons (Fsp3) is 0.524. The van der Waals surface area contributed by atoms with Crippen molar-refractivity contribution < 1.29 is 4.74 Å². The first-order chi connectivity index (χ1) is 13.6. The van der Waals surface area contributed by atoms with Gasteiger partial charge >= 0.3 is 0 Å². The summed E-state index contributed by atoms with van der Waals surface area (Å²) >= 11 is 0. The zero-order valence-corrected chi connectivity index (χ0v) is 17.1. The van der Waals surface area contributed by atoms with Gasteiger partial charge in [-0.3, -0.25) is 0 Å². The van der Waals surface area contributed by atoms with Gasteiger partial charge in [0.25, 0.3) is 0 Å². The number of hydrogen-bond donors (Lipinski definition) is 0. The molecule has 2 aliphatic rings. The summed E-state index contributed by atoms with van der Waals surface area (Å²) in [6.45, 7) is 10.1. The minimum atomic E-state index is 0.876. The highest BCUT2D eigenvalue weighted by Crippen LogP contribution is 2.23. The maximum Gasteiger partial charge on any atom is 0.227 e. The van der Waals surface area contributed by atoms with Gasteiger partial charge in [-0.05, 0) is 38.2 Å². The Labute approximate surface area is 167 Å². The molecular formula is C21H30N6O. The van der Waals surface area contributed by atoms with Crippen LogP contribution < -0.4 is 19.4 Å². The molecule has 1 aromatic heterocycles. The van der Waals surface area contributed by atoms with E-state index < -0.39 is 0 Å². The van der Waals surface area contributed by atoms with Gasteiger partial charge in [0.1, 0.15) is 11.6 Å². The zero-order valence-electron chi connectivity index (χ0n) is 17.1. The van der Waals surface area contributed by atoms with Crippen LogP contribution in [0, 0.1) is 6.92 Å². The second kappa shape index (κ2) is 8.22. The molecule has 7 heteroatoms. The second-order valence-corrected chi connectivity index (χ2v) is 7.63. The van der Waals surface area contributed by atoms with Gasteiger partial charge in [0.15, 0.2) is 0 Å². The maximum atomic E-state index is 5.26. The molecule has 0 radical (unpaired) electrons. The van der Waals surface area contributed by atoms with Crippen molar-refractivity contribution in [3.8, 4) is 5.75 Å². The number of benzene rings is 1. The average molecular weight is 383 g/mol. The third-order valence-electron chi connectivity index (χ3n) is 5.66. The van der Waals surface area contributed by atoms with Crippen molar-refractivity contribution in [1.29, 1.82) is 0 Å². The Hall–Kier alpha value is -2.54. The lowest BCUT2D eigenvalue weighted by molar-refractivity contribution is 0.311. The Balaban J connectivity index is 1.42. The Morgan fingerprint density at radius 3 is 2.04 bits per heavy atom. The summed E-state index contributed by atoms with van der Waals surface area (Å²) in [4.78, 5) is 19.1. The Morgan fingerprint density at radius 2 is 1.39 bits per heavy atom. The second-order valence-electron chi connectivity index (χ2n) is 7.63. The van der Waals surface area contributed by atoms with Gasteiger partial charge in [-0.2, -0.15) is 4.98 Å². The number of aryl methyl sites for hydroxylation is 1. The largest absolute Gasteiger partial charge is 0.497 e. The van der Waals surface area contributed by atoms with E-state index in [9.17, 15) is 0 Å². The molecule has 2 aliphatic heterocycles. The van der Waals surface area contributed by atoms with Crippen LogP contribution in [0.25, 0.3) is 0 Å². The summed E-state index contributed by atoms with van der Waals surface area (Å²) in [5, 5.41) is 0. The lowest BCUT2D eigenvalue weighted by Gasteiger charge is -2.37. The summed E-state index contributed by atoms with van der Waals surface area (Å²) in [6.07, 6.45) is 0. The van der Waals surface area contributed by atoms with Gasteiger partial charge in [0.2, 0.25) is 5.95 Å². The van der Waals surface area contributed by atoms with Crippen LogP contribution >= 0.6 is 0 Å². The maximum absolute atomic E-state index is 5.26. The standard InChI is InChI=1S/C21H30N6O/c1-17-16-20(23-21(22-17)27-10-8-24(2)9-11-27)26-14-12-25(13-15-26)18-4-6-19(28-3)7-5-18/h4-7,16H,8-15H2,1-3H3. The summed E-state index contributed by atoms with van der Waals surface area (Å²) in [7, 11) is 3.87. The van der Waals surface area contributed by atoms with Crippen LogP contribution in [0.15, 0.2) is 30.3 Å². The van der Waals surface area contributed by atoms with Crippen LogP contribution in [0.1, 0.15) is 5.69 Å². The van der Waals surface area contributed by atoms with E-state index in [1.807, 2.05) is 12.1 Å². The Morgan fingerprint density at radius 1 is 0.786 bits per heavy atom. The van der Waals surface area contributed by atoms with Gasteiger partial charge in [-0.1, -0.05) is 0 Å². The molecule has 0 N–H and O–H groups in total. The molecule has 3 heterocycles. The number of methoxy groups -OCH3 is 1. The topological polar surface area (TPSA) is 48.0 Å². The molecule has 0 unspecified atom stereocenters. The van der Waals surface area contributed by atoms with Crippen LogP contribution in [0.5, 0.6) is 5.75 Å². The molecule has 7 nitrogen and oxygen atoms in total. The number of rotatable bonds is 4. The highest BCUT2D eigenvalue weighted by atomic mass is 16.5. The van der Waals surface area contributed by atoms with Crippen molar-refractivity contribution in [3.63, 3.8) is 0 Å². The molecule has 28 heavy (non-hydrogen) atoms. The highest BCUT2D eigenvalue weighted by Gasteiger charge is 2.22. The minimum Gasteiger partial charge on any atom is -0.497 e. The molecular weight excluding hydrogens is 352 g/mol. The zero-order chi connectivity index (χ0) is 19.5. The molecule has 0 aliphatic carbocycles. The lowest BCUT2D eigenvalue weighted by Crippen LogP contribution is -2.47. The van der Waals surface area contributed by atoms with Crippen molar-refractivity contribution in [2.24, 2.45) is 0 Å². The number of nitrogens with zero attached hydrogens (tertiary/aromatic N) is 6. The first-order valence-corrected chi connectivity index (χ1v) is 10.1. The van der Waals surface area contributed by atoms with Gasteiger partial charge in [0.05, 0.1) is 7.11 Å². The Bertz CT molecular complexity index is 780. The third-order valence-corrected chi connectivity index (χ3v) is 5.66. The molecule has 2 fully saturated rings. The average Bonchev–Trinajstić information content (AvgIpc) is 2.74. The van der Waals surface area contributed by atoms with Crippen molar-refractivity contribution in [2.75, 3.05) is 81.2 Å². The molecule has 0 amide bonds. The summed E-state index contributed by atoms with van der Waals surface area (Å²) in [5.41, 5.74) is 2.29. The van der Waals surface area contributed by atoms with Crippen LogP contribution in [-0.2, 0) is 0 Å². The van der Waals surface area contributed by atoms with Crippen LogP contribution in [-0.4, -0.2) is 81.4 Å². The number of aromatic nitrogens is 2. The van der Waals surface area contributed by atoms with Crippen LogP contribution in [0.3, 0.4) is 0 Å². The van der Waals surface area contributed by atoms with Crippen molar-refractivity contribution in [1.82, 2.24) is 14.9 Å². The number of anilines is 3. The van der Waals surface area contributed by atoms with E-state index >= 15 is 0 Å². The first-order valence-electron chi connectivity index (χ1n) is 10.1. The van der Waals surface area contributed by atoms with Gasteiger partial charge in [-0.15, -0.1) is 0 Å². The number of hydrogen-bond acceptors (Lipinski definition) is 7. The van der Waals surface area contributed by atoms with E-state index in [0.29, 0.717) is 0 Å². The summed E-state index contributed by atoms with van der Waals surface area (Å²) in [6, 6.07) is 10.4. The summed E-state index contributed by atoms with van der Waals surface area (Å²) in [5.74, 6) is 2.83. The molecule has 150 valence electrons. The van der Waals surface area contributed by atoms with Crippen molar-refractivity contribution in [2.45, 2.75) is 6.92 Å². The minimum absolute atomic E-state index is 0.876. The SMILES string of the molecule is COc1ccc(N2CCN(c3cc(C)nc(N4CCN(C)CC4)n3)CC2)cc1. The predicted octanol–water partition coefficient (Wildman–Crippen LogP) is 1.87.